The molecule has 0 fully saturated rings. The average molecular weight is 378 g/mol. The summed E-state index contributed by atoms with van der Waals surface area (Å²) in [6.07, 6.45) is 1.53. The van der Waals surface area contributed by atoms with E-state index >= 15 is 0 Å². The molecule has 26 heavy (non-hydrogen) atoms. The molecular weight excluding hydrogens is 350 g/mol. The molecule has 0 bridgehead atoms. The van der Waals surface area contributed by atoms with Crippen molar-refractivity contribution >= 4 is 26.7 Å². The number of rotatable bonds is 9. The van der Waals surface area contributed by atoms with Crippen LogP contribution >= 0.6 is 0 Å². The summed E-state index contributed by atoms with van der Waals surface area (Å²) in [6.45, 7) is 4.34. The second-order valence-corrected chi connectivity index (χ2v) is 8.16. The molecule has 142 valence electrons. The Kier molecular flexibility index (Phi) is 6.75. The quantitative estimate of drug-likeness (QED) is 0.623. The van der Waals surface area contributed by atoms with Gasteiger partial charge in [-0.1, -0.05) is 44.2 Å². The molecule has 0 unspecified atom stereocenters. The van der Waals surface area contributed by atoms with Gasteiger partial charge in [0.2, 0.25) is 15.9 Å². The van der Waals surface area contributed by atoms with Crippen LogP contribution in [-0.4, -0.2) is 33.0 Å². The third-order valence-corrected chi connectivity index (χ3v) is 6.28. The zero-order valence-electron chi connectivity index (χ0n) is 15.3. The van der Waals surface area contributed by atoms with Crippen molar-refractivity contribution in [2.45, 2.75) is 43.5 Å². The predicted molar refractivity (Wildman–Crippen MR) is 104 cm³/mol. The first-order valence-electron chi connectivity index (χ1n) is 8.85. The molecule has 0 spiro atoms. The van der Waals surface area contributed by atoms with Crippen LogP contribution < -0.4 is 15.8 Å². The fourth-order valence-corrected chi connectivity index (χ4v) is 3.91. The van der Waals surface area contributed by atoms with Gasteiger partial charge in [0.25, 0.3) is 0 Å². The third kappa shape index (κ3) is 4.81. The fraction of sp³-hybridized carbons (Fsp3) is 0.421. The van der Waals surface area contributed by atoms with E-state index in [0.29, 0.717) is 6.54 Å². The van der Waals surface area contributed by atoms with Crippen LogP contribution in [0.15, 0.2) is 47.4 Å². The van der Waals surface area contributed by atoms with Gasteiger partial charge >= 0.3 is 0 Å². The van der Waals surface area contributed by atoms with Crippen molar-refractivity contribution in [3.05, 3.63) is 42.5 Å². The van der Waals surface area contributed by atoms with E-state index in [2.05, 4.69) is 10.0 Å². The van der Waals surface area contributed by atoms with Crippen molar-refractivity contribution in [2.75, 3.05) is 13.1 Å². The van der Waals surface area contributed by atoms with Gasteiger partial charge < -0.3 is 11.1 Å². The van der Waals surface area contributed by atoms with Gasteiger partial charge in [-0.25, -0.2) is 13.1 Å². The minimum absolute atomic E-state index is 0.0368. The van der Waals surface area contributed by atoms with E-state index in [9.17, 15) is 13.2 Å². The zero-order chi connectivity index (χ0) is 19.2. The first-order valence-corrected chi connectivity index (χ1v) is 10.3. The normalized spacial score (nSPS) is 12.3. The van der Waals surface area contributed by atoms with E-state index in [1.54, 1.807) is 18.2 Å². The van der Waals surface area contributed by atoms with Crippen LogP contribution in [-0.2, 0) is 14.8 Å². The third-order valence-electron chi connectivity index (χ3n) is 4.82. The molecular formula is C19H27N3O3S. The molecule has 0 atom stereocenters. The number of fused-ring (bicyclic) bond motifs is 1. The second-order valence-electron chi connectivity index (χ2n) is 6.40. The first kappa shape index (κ1) is 20.4. The Bertz CT molecular complexity index is 853. The van der Waals surface area contributed by atoms with Crippen LogP contribution in [0, 0.1) is 0 Å². The predicted octanol–water partition coefficient (Wildman–Crippen LogP) is 2.14. The number of hydrogen-bond acceptors (Lipinski definition) is 4. The number of hydrogen-bond donors (Lipinski definition) is 3. The van der Waals surface area contributed by atoms with Gasteiger partial charge in [0, 0.05) is 19.5 Å². The average Bonchev–Trinajstić information content (AvgIpc) is 2.65. The van der Waals surface area contributed by atoms with E-state index in [1.807, 2.05) is 38.1 Å². The lowest BCUT2D eigenvalue weighted by Gasteiger charge is -2.31. The van der Waals surface area contributed by atoms with Crippen molar-refractivity contribution in [1.82, 2.24) is 10.0 Å². The van der Waals surface area contributed by atoms with Gasteiger partial charge in [-0.15, -0.1) is 0 Å². The Balaban J connectivity index is 1.98. The van der Waals surface area contributed by atoms with Crippen LogP contribution in [0.25, 0.3) is 10.8 Å². The number of amides is 1. The van der Waals surface area contributed by atoms with Crippen LogP contribution in [0.4, 0.5) is 0 Å². The molecule has 6 nitrogen and oxygen atoms in total. The molecule has 2 aromatic carbocycles. The Hall–Kier alpha value is -1.96. The Labute approximate surface area is 155 Å². The van der Waals surface area contributed by atoms with Gasteiger partial charge in [-0.05, 0) is 35.7 Å². The van der Waals surface area contributed by atoms with Gasteiger partial charge in [0.1, 0.15) is 0 Å². The molecule has 0 saturated heterocycles. The summed E-state index contributed by atoms with van der Waals surface area (Å²) in [5.74, 6) is -0.208. The van der Waals surface area contributed by atoms with Gasteiger partial charge in [0.15, 0.2) is 0 Å². The molecule has 0 aromatic heterocycles. The van der Waals surface area contributed by atoms with E-state index in [4.69, 9.17) is 5.73 Å². The summed E-state index contributed by atoms with van der Waals surface area (Å²) in [4.78, 5) is 12.3. The standard InChI is InChI=1S/C19H27N3O3S/c1-3-19(4-2,14-20)22-18(23)11-12-21-26(24,25)17-10-9-15-7-5-6-8-16(15)13-17/h5-10,13,21H,3-4,11-12,14,20H2,1-2H3,(H,22,23). The zero-order valence-corrected chi connectivity index (χ0v) is 16.1. The van der Waals surface area contributed by atoms with Crippen LogP contribution in [0.3, 0.4) is 0 Å². The molecule has 0 radical (unpaired) electrons. The molecule has 4 N–H and O–H groups in total. The Morgan fingerprint density at radius 1 is 1.08 bits per heavy atom. The summed E-state index contributed by atoms with van der Waals surface area (Å²) in [7, 11) is -3.66. The summed E-state index contributed by atoms with van der Waals surface area (Å²) >= 11 is 0. The van der Waals surface area contributed by atoms with Crippen molar-refractivity contribution < 1.29 is 13.2 Å². The van der Waals surface area contributed by atoms with Crippen LogP contribution in [0.1, 0.15) is 33.1 Å². The molecule has 0 aliphatic heterocycles. The van der Waals surface area contributed by atoms with Crippen LogP contribution in [0.2, 0.25) is 0 Å². The van der Waals surface area contributed by atoms with Crippen LogP contribution in [0.5, 0.6) is 0 Å². The van der Waals surface area contributed by atoms with E-state index in [1.165, 1.54) is 0 Å². The van der Waals surface area contributed by atoms with Gasteiger partial charge in [-0.2, -0.15) is 0 Å². The number of carbonyl (C=O) groups is 1. The largest absolute Gasteiger partial charge is 0.349 e. The SMILES string of the molecule is CCC(CC)(CN)NC(=O)CCNS(=O)(=O)c1ccc2ccccc2c1. The maximum absolute atomic E-state index is 12.4. The molecule has 0 aliphatic rings. The molecule has 0 aliphatic carbocycles. The second kappa shape index (κ2) is 8.62. The Morgan fingerprint density at radius 2 is 1.73 bits per heavy atom. The highest BCUT2D eigenvalue weighted by Gasteiger charge is 2.26. The highest BCUT2D eigenvalue weighted by atomic mass is 32.2. The smallest absolute Gasteiger partial charge is 0.240 e. The van der Waals surface area contributed by atoms with E-state index < -0.39 is 15.6 Å². The minimum atomic E-state index is -3.66. The van der Waals surface area contributed by atoms with Crippen molar-refractivity contribution in [1.29, 1.82) is 0 Å². The summed E-state index contributed by atoms with van der Waals surface area (Å²) in [5, 5.41) is 4.76. The monoisotopic (exact) mass is 377 g/mol. The van der Waals surface area contributed by atoms with Gasteiger partial charge in [0.05, 0.1) is 10.4 Å². The van der Waals surface area contributed by atoms with Crippen molar-refractivity contribution in [2.24, 2.45) is 5.73 Å². The highest BCUT2D eigenvalue weighted by molar-refractivity contribution is 7.89. The maximum atomic E-state index is 12.4. The van der Waals surface area contributed by atoms with Crippen molar-refractivity contribution in [3.63, 3.8) is 0 Å². The minimum Gasteiger partial charge on any atom is -0.349 e. The maximum Gasteiger partial charge on any atom is 0.240 e. The van der Waals surface area contributed by atoms with E-state index in [0.717, 1.165) is 23.6 Å². The first-order chi connectivity index (χ1) is 12.4. The lowest BCUT2D eigenvalue weighted by molar-refractivity contribution is -0.122. The number of nitrogens with one attached hydrogen (secondary N) is 2. The lowest BCUT2D eigenvalue weighted by atomic mass is 9.93. The molecule has 0 saturated carbocycles. The molecule has 0 heterocycles. The molecule has 7 heteroatoms. The summed E-state index contributed by atoms with van der Waals surface area (Å²) < 4.78 is 27.4. The number of sulfonamides is 1. The topological polar surface area (TPSA) is 101 Å². The number of carbonyl (C=O) groups excluding carboxylic acids is 1. The van der Waals surface area contributed by atoms with Crippen molar-refractivity contribution in [3.8, 4) is 0 Å². The van der Waals surface area contributed by atoms with Gasteiger partial charge in [-0.3, -0.25) is 4.79 Å². The lowest BCUT2D eigenvalue weighted by Crippen LogP contribution is -2.53. The summed E-state index contributed by atoms with van der Waals surface area (Å²) in [5.41, 5.74) is 5.35. The Morgan fingerprint density at radius 3 is 2.35 bits per heavy atom. The molecule has 2 rings (SSSR count). The molecule has 2 aromatic rings. The highest BCUT2D eigenvalue weighted by Crippen LogP contribution is 2.19. The number of nitrogens with two attached hydrogens (primary N) is 1. The molecule has 1 amide bonds. The fourth-order valence-electron chi connectivity index (χ4n) is 2.84. The summed E-state index contributed by atoms with van der Waals surface area (Å²) in [6, 6.07) is 12.5. The number of benzene rings is 2. The van der Waals surface area contributed by atoms with E-state index in [-0.39, 0.29) is 23.8 Å².